The topological polar surface area (TPSA) is 84.3 Å². The quantitative estimate of drug-likeness (QED) is 0.380. The van der Waals surface area contributed by atoms with Crippen molar-refractivity contribution in [3.63, 3.8) is 0 Å². The van der Waals surface area contributed by atoms with Crippen LogP contribution in [0.3, 0.4) is 0 Å². The number of hydrogen-bond acceptors (Lipinski definition) is 6. The number of likely N-dealkylation sites (N-methyl/N-ethyl adjacent to an activating group) is 1. The van der Waals surface area contributed by atoms with Crippen LogP contribution in [0, 0.1) is 0 Å². The van der Waals surface area contributed by atoms with Crippen molar-refractivity contribution in [2.45, 2.75) is 26.2 Å². The van der Waals surface area contributed by atoms with Crippen LogP contribution in [-0.2, 0) is 17.3 Å². The summed E-state index contributed by atoms with van der Waals surface area (Å²) in [5, 5.41) is 6.22. The van der Waals surface area contributed by atoms with E-state index in [1.54, 1.807) is 23.2 Å². The van der Waals surface area contributed by atoms with Crippen molar-refractivity contribution in [1.29, 1.82) is 0 Å². The zero-order valence-corrected chi connectivity index (χ0v) is 21.1. The van der Waals surface area contributed by atoms with Gasteiger partial charge < -0.3 is 24.8 Å². The van der Waals surface area contributed by atoms with Gasteiger partial charge in [0.25, 0.3) is 0 Å². The Labute approximate surface area is 206 Å². The minimum atomic E-state index is -0.136. The molecule has 1 amide bonds. The molecular formula is C27H32N6O2. The molecule has 0 radical (unpaired) electrons. The van der Waals surface area contributed by atoms with Gasteiger partial charge in [-0.15, -0.1) is 0 Å². The second kappa shape index (κ2) is 9.76. The second-order valence-electron chi connectivity index (χ2n) is 9.87. The number of aromatic nitrogens is 3. The van der Waals surface area contributed by atoms with Gasteiger partial charge in [-0.25, -0.2) is 9.97 Å². The van der Waals surface area contributed by atoms with Crippen molar-refractivity contribution in [2.24, 2.45) is 7.05 Å². The molecule has 35 heavy (non-hydrogen) atoms. The Morgan fingerprint density at radius 3 is 2.57 bits per heavy atom. The molecule has 0 aliphatic heterocycles. The summed E-state index contributed by atoms with van der Waals surface area (Å²) in [6.45, 7) is 6.88. The van der Waals surface area contributed by atoms with Crippen molar-refractivity contribution in [1.82, 2.24) is 19.4 Å². The fourth-order valence-corrected chi connectivity index (χ4v) is 3.70. The molecular weight excluding hydrogens is 440 g/mol. The summed E-state index contributed by atoms with van der Waals surface area (Å²) in [4.78, 5) is 22.8. The van der Waals surface area contributed by atoms with Crippen LogP contribution in [0.15, 0.2) is 60.8 Å². The first-order valence-corrected chi connectivity index (χ1v) is 11.5. The predicted molar refractivity (Wildman–Crippen MR) is 141 cm³/mol. The molecule has 0 spiro atoms. The highest BCUT2D eigenvalue weighted by atomic mass is 16.5. The van der Waals surface area contributed by atoms with Gasteiger partial charge in [-0.05, 0) is 55.4 Å². The molecule has 8 nitrogen and oxygen atoms in total. The maximum atomic E-state index is 12.0. The summed E-state index contributed by atoms with van der Waals surface area (Å²) in [5.74, 6) is 2.28. The number of hydrogen-bond donors (Lipinski definition) is 2. The number of benzene rings is 2. The molecule has 0 unspecified atom stereocenters. The van der Waals surface area contributed by atoms with E-state index in [1.807, 2.05) is 50.0 Å². The molecule has 0 bridgehead atoms. The number of fused-ring (bicyclic) bond motifs is 1. The van der Waals surface area contributed by atoms with Gasteiger partial charge in [0.1, 0.15) is 17.3 Å². The molecule has 4 aromatic rings. The van der Waals surface area contributed by atoms with Crippen LogP contribution in [0.5, 0.6) is 11.5 Å². The minimum Gasteiger partial charge on any atom is -0.457 e. The van der Waals surface area contributed by atoms with Crippen LogP contribution in [0.1, 0.15) is 26.3 Å². The summed E-state index contributed by atoms with van der Waals surface area (Å²) < 4.78 is 8.06. The van der Waals surface area contributed by atoms with Gasteiger partial charge in [0.2, 0.25) is 11.9 Å². The number of aryl methyl sites for hydroxylation is 1. The smallest absolute Gasteiger partial charge is 0.239 e. The number of pyridine rings is 1. The average molecular weight is 473 g/mol. The predicted octanol–water partition coefficient (Wildman–Crippen LogP) is 5.30. The highest BCUT2D eigenvalue weighted by molar-refractivity contribution is 5.91. The van der Waals surface area contributed by atoms with Crippen molar-refractivity contribution in [3.05, 3.63) is 66.4 Å². The standard InChI is InChI=1S/C27H32N6O2/c1-27(2,3)18-8-7-9-19(14-18)29-26-30-22-15-20(10-11-23(22)33(26)6)35-21-12-13-28-24(16-21)31-25(34)17-32(4)5/h7-16H,17H2,1-6H3,(H,29,30)(H,28,31,34). The first kappa shape index (κ1) is 24.2. The van der Waals surface area contributed by atoms with Crippen molar-refractivity contribution < 1.29 is 9.53 Å². The summed E-state index contributed by atoms with van der Waals surface area (Å²) in [7, 11) is 5.66. The Balaban J connectivity index is 1.52. The zero-order chi connectivity index (χ0) is 25.2. The van der Waals surface area contributed by atoms with E-state index in [1.165, 1.54) is 5.56 Å². The van der Waals surface area contributed by atoms with Gasteiger partial charge >= 0.3 is 0 Å². The molecule has 0 saturated heterocycles. The van der Waals surface area contributed by atoms with Gasteiger partial charge in [0, 0.05) is 31.1 Å². The van der Waals surface area contributed by atoms with E-state index in [4.69, 9.17) is 9.72 Å². The fraction of sp³-hybridized carbons (Fsp3) is 0.296. The lowest BCUT2D eigenvalue weighted by Gasteiger charge is -2.20. The summed E-state index contributed by atoms with van der Waals surface area (Å²) >= 11 is 0. The van der Waals surface area contributed by atoms with Gasteiger partial charge in [0.05, 0.1) is 17.6 Å². The fourth-order valence-electron chi connectivity index (χ4n) is 3.70. The van der Waals surface area contributed by atoms with Crippen LogP contribution in [0.4, 0.5) is 17.5 Å². The number of imidazole rings is 1. The number of amides is 1. The van der Waals surface area contributed by atoms with E-state index >= 15 is 0 Å². The van der Waals surface area contributed by atoms with E-state index in [2.05, 4.69) is 54.6 Å². The third kappa shape index (κ3) is 5.96. The Hall–Kier alpha value is -3.91. The third-order valence-electron chi connectivity index (χ3n) is 5.53. The lowest BCUT2D eigenvalue weighted by atomic mass is 9.87. The molecule has 0 atom stereocenters. The van der Waals surface area contributed by atoms with Gasteiger partial charge in [-0.3, -0.25) is 4.79 Å². The van der Waals surface area contributed by atoms with E-state index in [9.17, 15) is 4.79 Å². The van der Waals surface area contributed by atoms with Gasteiger partial charge in [0.15, 0.2) is 0 Å². The number of anilines is 3. The highest BCUT2D eigenvalue weighted by Crippen LogP contribution is 2.30. The highest BCUT2D eigenvalue weighted by Gasteiger charge is 2.15. The van der Waals surface area contributed by atoms with E-state index < -0.39 is 0 Å². The van der Waals surface area contributed by atoms with E-state index in [-0.39, 0.29) is 17.9 Å². The number of nitrogens with zero attached hydrogens (tertiary/aromatic N) is 4. The average Bonchev–Trinajstić information content (AvgIpc) is 3.07. The number of carbonyl (C=O) groups is 1. The molecule has 2 N–H and O–H groups in total. The second-order valence-corrected chi connectivity index (χ2v) is 9.87. The molecule has 0 fully saturated rings. The molecule has 182 valence electrons. The normalized spacial score (nSPS) is 11.6. The Morgan fingerprint density at radius 1 is 1.06 bits per heavy atom. The van der Waals surface area contributed by atoms with Crippen LogP contribution >= 0.6 is 0 Å². The lowest BCUT2D eigenvalue weighted by Crippen LogP contribution is -2.27. The molecule has 8 heteroatoms. The van der Waals surface area contributed by atoms with Gasteiger partial charge in [-0.1, -0.05) is 32.9 Å². The van der Waals surface area contributed by atoms with Crippen LogP contribution in [0.25, 0.3) is 11.0 Å². The Kier molecular flexibility index (Phi) is 6.75. The van der Waals surface area contributed by atoms with Crippen molar-refractivity contribution in [2.75, 3.05) is 31.3 Å². The molecule has 0 aliphatic rings. The van der Waals surface area contributed by atoms with Crippen LogP contribution < -0.4 is 15.4 Å². The molecule has 2 aromatic heterocycles. The summed E-state index contributed by atoms with van der Waals surface area (Å²) in [6, 6.07) is 17.6. The first-order chi connectivity index (χ1) is 16.6. The van der Waals surface area contributed by atoms with Crippen LogP contribution in [-0.4, -0.2) is 46.0 Å². The number of nitrogens with one attached hydrogen (secondary N) is 2. The minimum absolute atomic E-state index is 0.0677. The summed E-state index contributed by atoms with van der Waals surface area (Å²) in [6.07, 6.45) is 1.60. The molecule has 0 saturated carbocycles. The number of ether oxygens (including phenoxy) is 1. The van der Waals surface area contributed by atoms with Gasteiger partial charge in [-0.2, -0.15) is 0 Å². The summed E-state index contributed by atoms with van der Waals surface area (Å²) in [5.41, 5.74) is 4.11. The Morgan fingerprint density at radius 2 is 1.83 bits per heavy atom. The van der Waals surface area contributed by atoms with E-state index in [0.29, 0.717) is 17.3 Å². The molecule has 2 aromatic carbocycles. The zero-order valence-electron chi connectivity index (χ0n) is 21.1. The number of rotatable bonds is 7. The maximum absolute atomic E-state index is 12.0. The Bertz CT molecular complexity index is 1350. The van der Waals surface area contributed by atoms with Crippen LogP contribution in [0.2, 0.25) is 0 Å². The van der Waals surface area contributed by atoms with Crippen molar-refractivity contribution in [3.8, 4) is 11.5 Å². The maximum Gasteiger partial charge on any atom is 0.239 e. The third-order valence-corrected chi connectivity index (χ3v) is 5.53. The molecule has 4 rings (SSSR count). The molecule has 2 heterocycles. The monoisotopic (exact) mass is 472 g/mol. The largest absolute Gasteiger partial charge is 0.457 e. The van der Waals surface area contributed by atoms with E-state index in [0.717, 1.165) is 22.7 Å². The first-order valence-electron chi connectivity index (χ1n) is 11.5. The lowest BCUT2D eigenvalue weighted by molar-refractivity contribution is -0.116. The molecule has 0 aliphatic carbocycles. The SMILES string of the molecule is CN(C)CC(=O)Nc1cc(Oc2ccc3c(c2)nc(Nc2cccc(C(C)(C)C)c2)n3C)ccn1. The number of carbonyl (C=O) groups excluding carboxylic acids is 1. The van der Waals surface area contributed by atoms with Crippen molar-refractivity contribution >= 4 is 34.4 Å².